The average Bonchev–Trinajstić information content (AvgIpc) is 3.04. The first-order valence-corrected chi connectivity index (χ1v) is 19.2. The van der Waals surface area contributed by atoms with Gasteiger partial charge in [-0.25, -0.2) is 0 Å². The van der Waals surface area contributed by atoms with E-state index >= 15 is 0 Å². The zero-order valence-electron chi connectivity index (χ0n) is 30.2. The van der Waals surface area contributed by atoms with Crippen molar-refractivity contribution in [1.82, 2.24) is 4.90 Å². The monoisotopic (exact) mass is 636 g/mol. The van der Waals surface area contributed by atoms with Crippen molar-refractivity contribution in [2.24, 2.45) is 11.8 Å². The van der Waals surface area contributed by atoms with E-state index in [0.29, 0.717) is 0 Å². The van der Waals surface area contributed by atoms with Crippen LogP contribution in [0.2, 0.25) is 0 Å². The molecule has 0 N–H and O–H groups in total. The smallest absolute Gasteiger partial charge is 0.308 e. The Morgan fingerprint density at radius 1 is 0.511 bits per heavy atom. The van der Waals surface area contributed by atoms with Crippen molar-refractivity contribution in [3.8, 4) is 0 Å². The van der Waals surface area contributed by atoms with Gasteiger partial charge in [0, 0.05) is 0 Å². The number of esters is 2. The van der Waals surface area contributed by atoms with Crippen molar-refractivity contribution < 1.29 is 23.9 Å². The van der Waals surface area contributed by atoms with Gasteiger partial charge in [0.25, 0.3) is 0 Å². The molecule has 0 aliphatic heterocycles. The van der Waals surface area contributed by atoms with E-state index in [-0.39, 0.29) is 56.0 Å². The Hall–Kier alpha value is -1.85. The van der Waals surface area contributed by atoms with Crippen molar-refractivity contribution in [2.45, 2.75) is 182 Å². The van der Waals surface area contributed by atoms with E-state index in [1.165, 1.54) is 83.1 Å². The molecule has 0 rings (SSSR count). The van der Waals surface area contributed by atoms with Crippen molar-refractivity contribution in [3.05, 3.63) is 12.7 Å². The highest BCUT2D eigenvalue weighted by Gasteiger charge is 2.22. The first kappa shape index (κ1) is 43.1. The van der Waals surface area contributed by atoms with Crippen molar-refractivity contribution in [3.63, 3.8) is 0 Å². The lowest BCUT2D eigenvalue weighted by molar-refractivity contribution is -0.151. The number of ether oxygens (including phenoxy) is 2. The van der Waals surface area contributed by atoms with Crippen LogP contribution in [0.4, 0.5) is 0 Å². The van der Waals surface area contributed by atoms with Crippen LogP contribution in [0.3, 0.4) is 0 Å². The molecule has 0 radical (unpaired) electrons. The van der Waals surface area contributed by atoms with Crippen molar-refractivity contribution in [2.75, 3.05) is 26.3 Å². The molecule has 264 valence electrons. The maximum Gasteiger partial charge on any atom is 0.308 e. The van der Waals surface area contributed by atoms with Gasteiger partial charge in [0.05, 0.1) is 24.9 Å². The van der Waals surface area contributed by atoms with Crippen LogP contribution in [-0.2, 0) is 23.9 Å². The van der Waals surface area contributed by atoms with Gasteiger partial charge >= 0.3 is 11.9 Å². The molecular weight excluding hydrogens is 562 g/mol. The van der Waals surface area contributed by atoms with E-state index in [0.717, 1.165) is 77.0 Å². The number of rotatable bonds is 33. The Balaban J connectivity index is 4.84. The van der Waals surface area contributed by atoms with Crippen LogP contribution in [0, 0.1) is 11.8 Å². The molecule has 1 amide bonds. The second-order valence-corrected chi connectivity index (χ2v) is 13.1. The van der Waals surface area contributed by atoms with E-state index in [1.807, 2.05) is 0 Å². The van der Waals surface area contributed by atoms with Crippen LogP contribution < -0.4 is 0 Å². The predicted molar refractivity (Wildman–Crippen MR) is 189 cm³/mol. The summed E-state index contributed by atoms with van der Waals surface area (Å²) < 4.78 is 11.4. The summed E-state index contributed by atoms with van der Waals surface area (Å²) in [7, 11) is 0. The topological polar surface area (TPSA) is 72.9 Å². The van der Waals surface area contributed by atoms with E-state index in [9.17, 15) is 14.4 Å². The van der Waals surface area contributed by atoms with E-state index < -0.39 is 0 Å². The number of hydrogen-bond acceptors (Lipinski definition) is 5. The minimum atomic E-state index is -0.242. The van der Waals surface area contributed by atoms with Gasteiger partial charge in [-0.2, -0.15) is 0 Å². The molecule has 45 heavy (non-hydrogen) atoms. The number of nitrogens with zero attached hydrogens (tertiary/aromatic N) is 1. The van der Waals surface area contributed by atoms with Crippen molar-refractivity contribution in [1.29, 1.82) is 0 Å². The number of unbranched alkanes of at least 4 members (excludes halogenated alkanes) is 16. The Morgan fingerprint density at radius 3 is 1.11 bits per heavy atom. The quantitative estimate of drug-likeness (QED) is 0.0407. The maximum atomic E-state index is 13.0. The Kier molecular flexibility index (Phi) is 30.8. The van der Waals surface area contributed by atoms with Gasteiger partial charge in [0.2, 0.25) is 5.91 Å². The molecule has 0 saturated carbocycles. The molecule has 6 heteroatoms. The van der Waals surface area contributed by atoms with E-state index in [2.05, 4.69) is 34.3 Å². The fraction of sp³-hybridized carbons (Fsp3) is 0.872. The summed E-state index contributed by atoms with van der Waals surface area (Å²) in [4.78, 5) is 40.2. The van der Waals surface area contributed by atoms with E-state index in [4.69, 9.17) is 9.47 Å². The molecule has 0 fully saturated rings. The number of carbonyl (C=O) groups is 3. The molecule has 2 atom stereocenters. The molecule has 2 unspecified atom stereocenters. The highest BCUT2D eigenvalue weighted by atomic mass is 16.5. The lowest BCUT2D eigenvalue weighted by Crippen LogP contribution is -2.37. The van der Waals surface area contributed by atoms with Gasteiger partial charge in [0.1, 0.15) is 13.2 Å². The average molecular weight is 636 g/mol. The van der Waals surface area contributed by atoms with Crippen LogP contribution in [0.1, 0.15) is 182 Å². The third-order valence-corrected chi connectivity index (χ3v) is 8.99. The van der Waals surface area contributed by atoms with Gasteiger partial charge in [-0.1, -0.05) is 163 Å². The molecule has 0 heterocycles. The summed E-state index contributed by atoms with van der Waals surface area (Å²) in [5.74, 6) is -0.665. The van der Waals surface area contributed by atoms with Gasteiger partial charge < -0.3 is 14.4 Å². The summed E-state index contributed by atoms with van der Waals surface area (Å²) in [6.07, 6.45) is 28.4. The third kappa shape index (κ3) is 25.0. The van der Waals surface area contributed by atoms with Crippen LogP contribution in [-0.4, -0.2) is 49.0 Å². The second-order valence-electron chi connectivity index (χ2n) is 13.1. The molecule has 0 spiro atoms. The van der Waals surface area contributed by atoms with Gasteiger partial charge in [0.15, 0.2) is 0 Å². The SMILES string of the molecule is C=CC(=O)N(CCOC(=O)C(CCCCCC)CCCCCCCC)CCOC(=O)C(CCCCCC)CCCCCCCC. The van der Waals surface area contributed by atoms with Crippen LogP contribution in [0.25, 0.3) is 0 Å². The summed E-state index contributed by atoms with van der Waals surface area (Å²) in [5.41, 5.74) is 0. The van der Waals surface area contributed by atoms with Gasteiger partial charge in [-0.15, -0.1) is 0 Å². The summed E-state index contributed by atoms with van der Waals surface area (Å²) >= 11 is 0. The molecule has 0 aromatic carbocycles. The first-order chi connectivity index (χ1) is 21.9. The Bertz CT molecular complexity index is 674. The molecule has 0 saturated heterocycles. The summed E-state index contributed by atoms with van der Waals surface area (Å²) in [6, 6.07) is 0. The molecule has 0 aromatic heterocycles. The Labute approximate surface area is 278 Å². The zero-order chi connectivity index (χ0) is 33.4. The fourth-order valence-electron chi connectivity index (χ4n) is 5.95. The minimum Gasteiger partial charge on any atom is -0.464 e. The maximum absolute atomic E-state index is 13.0. The van der Waals surface area contributed by atoms with Gasteiger partial charge in [-0.3, -0.25) is 14.4 Å². The minimum absolute atomic E-state index is 0.0709. The number of amides is 1. The number of carbonyl (C=O) groups excluding carboxylic acids is 3. The molecule has 0 aliphatic carbocycles. The molecule has 0 bridgehead atoms. The molecule has 6 nitrogen and oxygen atoms in total. The first-order valence-electron chi connectivity index (χ1n) is 19.2. The largest absolute Gasteiger partial charge is 0.464 e. The molecular formula is C39H73NO5. The second kappa shape index (κ2) is 32.1. The molecule has 0 aromatic rings. The highest BCUT2D eigenvalue weighted by molar-refractivity contribution is 5.87. The normalized spacial score (nSPS) is 12.4. The highest BCUT2D eigenvalue weighted by Crippen LogP contribution is 2.22. The van der Waals surface area contributed by atoms with Crippen molar-refractivity contribution >= 4 is 17.8 Å². The lowest BCUT2D eigenvalue weighted by atomic mass is 9.94. The summed E-state index contributed by atoms with van der Waals surface area (Å²) in [5, 5.41) is 0. The number of hydrogen-bond donors (Lipinski definition) is 0. The van der Waals surface area contributed by atoms with Crippen LogP contribution in [0.5, 0.6) is 0 Å². The Morgan fingerprint density at radius 2 is 0.800 bits per heavy atom. The third-order valence-electron chi connectivity index (χ3n) is 8.99. The zero-order valence-corrected chi connectivity index (χ0v) is 30.2. The van der Waals surface area contributed by atoms with Crippen LogP contribution >= 0.6 is 0 Å². The molecule has 0 aliphatic rings. The van der Waals surface area contributed by atoms with E-state index in [1.54, 1.807) is 4.90 Å². The fourth-order valence-corrected chi connectivity index (χ4v) is 5.95. The summed E-state index contributed by atoms with van der Waals surface area (Å²) in [6.45, 7) is 13.3. The van der Waals surface area contributed by atoms with Crippen LogP contribution in [0.15, 0.2) is 12.7 Å². The standard InChI is InChI=1S/C39H73NO5/c1-6-11-15-19-21-25-29-35(27-23-17-13-8-3)38(42)44-33-31-40(37(41)10-5)32-34-45-39(43)36(28-24-18-14-9-4)30-26-22-20-16-12-7-2/h10,35-36H,5-9,11-34H2,1-4H3. The lowest BCUT2D eigenvalue weighted by Gasteiger charge is -2.23. The predicted octanol–water partition coefficient (Wildman–Crippen LogP) is 10.8. The van der Waals surface area contributed by atoms with Gasteiger partial charge in [-0.05, 0) is 31.8 Å².